The summed E-state index contributed by atoms with van der Waals surface area (Å²) in [6, 6.07) is 5.47. The average Bonchev–Trinajstić information content (AvgIpc) is 3.22. The predicted octanol–water partition coefficient (Wildman–Crippen LogP) is 2.89. The molecule has 6 heteroatoms. The molecule has 1 heterocycles. The molecule has 1 aromatic heterocycles. The van der Waals surface area contributed by atoms with E-state index in [-0.39, 0.29) is 18.0 Å². The summed E-state index contributed by atoms with van der Waals surface area (Å²) in [6.07, 6.45) is 3.01. The van der Waals surface area contributed by atoms with Crippen molar-refractivity contribution in [1.29, 1.82) is 0 Å². The number of nitrogens with one attached hydrogen (secondary N) is 1. The van der Waals surface area contributed by atoms with Crippen LogP contribution in [0.2, 0.25) is 5.02 Å². The first-order valence-electron chi connectivity index (χ1n) is 6.85. The maximum Gasteiger partial charge on any atom is 0.251 e. The van der Waals surface area contributed by atoms with Gasteiger partial charge in [0.05, 0.1) is 17.1 Å². The van der Waals surface area contributed by atoms with Gasteiger partial charge in [-0.1, -0.05) is 11.6 Å². The number of nitrogens with two attached hydrogens (primary N) is 1. The predicted molar refractivity (Wildman–Crippen MR) is 87.8 cm³/mol. The minimum Gasteiger partial charge on any atom is -0.492 e. The van der Waals surface area contributed by atoms with Gasteiger partial charge < -0.3 is 15.5 Å². The first-order valence-corrected chi connectivity index (χ1v) is 7.23. The van der Waals surface area contributed by atoms with Gasteiger partial charge in [0.1, 0.15) is 5.75 Å². The summed E-state index contributed by atoms with van der Waals surface area (Å²) in [5, 5.41) is 1.47. The topological polar surface area (TPSA) is 68.1 Å². The number of ether oxygens (including phenoxy) is 1. The number of benzene rings is 1. The second kappa shape index (κ2) is 6.69. The van der Waals surface area contributed by atoms with Crippen LogP contribution in [-0.4, -0.2) is 18.1 Å². The van der Waals surface area contributed by atoms with Crippen molar-refractivity contribution in [2.75, 3.05) is 13.2 Å². The van der Waals surface area contributed by atoms with Crippen LogP contribution in [-0.2, 0) is 6.42 Å². The van der Waals surface area contributed by atoms with Crippen molar-refractivity contribution in [1.82, 2.24) is 4.98 Å². The quantitative estimate of drug-likeness (QED) is 0.886. The molecule has 0 radical (unpaired) electrons. The highest BCUT2D eigenvalue weighted by atomic mass is 35.5. The molecule has 0 spiro atoms. The second-order valence-corrected chi connectivity index (χ2v) is 5.69. The number of aromatic amines is 1. The van der Waals surface area contributed by atoms with Crippen LogP contribution in [0, 0.1) is 5.92 Å². The fourth-order valence-corrected chi connectivity index (χ4v) is 2.42. The normalized spacial score (nSPS) is 14.0. The third-order valence-electron chi connectivity index (χ3n) is 3.56. The molecule has 1 fully saturated rings. The Balaban J connectivity index is 0.00000161. The van der Waals surface area contributed by atoms with Crippen LogP contribution < -0.4 is 16.0 Å². The van der Waals surface area contributed by atoms with Gasteiger partial charge in [0.15, 0.2) is 0 Å². The monoisotopic (exact) mass is 328 g/mol. The molecule has 3 rings (SSSR count). The highest BCUT2D eigenvalue weighted by Gasteiger charge is 2.22. The Kier molecular flexibility index (Phi) is 5.14. The number of aromatic nitrogens is 1. The fourth-order valence-electron chi connectivity index (χ4n) is 2.20. The Bertz CT molecular complexity index is 696. The summed E-state index contributed by atoms with van der Waals surface area (Å²) >= 11 is 6.23. The lowest BCUT2D eigenvalue weighted by Gasteiger charge is -2.09. The third-order valence-corrected chi connectivity index (χ3v) is 3.85. The van der Waals surface area contributed by atoms with Gasteiger partial charge in [0, 0.05) is 17.0 Å². The Morgan fingerprint density at radius 1 is 1.33 bits per heavy atom. The van der Waals surface area contributed by atoms with Gasteiger partial charge in [0.2, 0.25) is 0 Å². The van der Waals surface area contributed by atoms with Gasteiger partial charge in [-0.3, -0.25) is 4.79 Å². The van der Waals surface area contributed by atoms with Crippen LogP contribution >= 0.6 is 24.0 Å². The molecule has 1 aromatic carbocycles. The number of fused-ring (bicyclic) bond motifs is 1. The molecular formula is C15H18Cl2N2O2. The van der Waals surface area contributed by atoms with Gasteiger partial charge in [-0.25, -0.2) is 0 Å². The molecule has 0 aliphatic heterocycles. The minimum atomic E-state index is -0.0987. The van der Waals surface area contributed by atoms with Crippen molar-refractivity contribution in [2.24, 2.45) is 11.7 Å². The van der Waals surface area contributed by atoms with Crippen molar-refractivity contribution >= 4 is 34.9 Å². The Hall–Kier alpha value is -1.23. The summed E-state index contributed by atoms with van der Waals surface area (Å²) < 4.78 is 5.71. The Labute approximate surface area is 134 Å². The molecule has 0 bridgehead atoms. The molecule has 2 aromatic rings. The van der Waals surface area contributed by atoms with E-state index in [0.717, 1.165) is 10.9 Å². The molecule has 21 heavy (non-hydrogen) atoms. The summed E-state index contributed by atoms with van der Waals surface area (Å²) in [7, 11) is 0. The lowest BCUT2D eigenvalue weighted by molar-refractivity contribution is 0.300. The Morgan fingerprint density at radius 3 is 2.76 bits per heavy atom. The molecule has 0 amide bonds. The van der Waals surface area contributed by atoms with E-state index in [1.807, 2.05) is 12.1 Å². The van der Waals surface area contributed by atoms with Crippen LogP contribution in [0.15, 0.2) is 23.0 Å². The summed E-state index contributed by atoms with van der Waals surface area (Å²) in [6.45, 7) is 1.14. The number of hydrogen-bond donors (Lipinski definition) is 2. The van der Waals surface area contributed by atoms with E-state index in [1.54, 1.807) is 6.07 Å². The summed E-state index contributed by atoms with van der Waals surface area (Å²) in [5.41, 5.74) is 6.83. The highest BCUT2D eigenvalue weighted by Crippen LogP contribution is 2.33. The number of rotatable bonds is 5. The first kappa shape index (κ1) is 16.1. The molecule has 3 N–H and O–H groups in total. The van der Waals surface area contributed by atoms with Gasteiger partial charge in [-0.15, -0.1) is 12.4 Å². The molecule has 1 aliphatic carbocycles. The number of H-pyrrole nitrogens is 1. The van der Waals surface area contributed by atoms with Crippen LogP contribution in [0.25, 0.3) is 10.9 Å². The van der Waals surface area contributed by atoms with Crippen LogP contribution in [0.5, 0.6) is 5.75 Å². The zero-order valence-corrected chi connectivity index (χ0v) is 13.1. The van der Waals surface area contributed by atoms with E-state index in [4.69, 9.17) is 22.1 Å². The SMILES string of the molecule is Cl.NCCc1cc2cc(Cl)c(OCC3CC3)cc2[nH]c1=O. The van der Waals surface area contributed by atoms with E-state index in [2.05, 4.69) is 4.98 Å². The molecule has 0 unspecified atom stereocenters. The maximum absolute atomic E-state index is 11.9. The summed E-state index contributed by atoms with van der Waals surface area (Å²) in [4.78, 5) is 14.8. The molecule has 0 saturated heterocycles. The van der Waals surface area contributed by atoms with E-state index in [1.165, 1.54) is 12.8 Å². The number of hydrogen-bond acceptors (Lipinski definition) is 3. The standard InChI is InChI=1S/C15H17ClN2O2.ClH/c16-12-6-11-5-10(3-4-17)15(19)18-13(11)7-14(12)20-8-9-1-2-9;/h5-7,9H,1-4,8,17H2,(H,18,19);1H. The van der Waals surface area contributed by atoms with Gasteiger partial charge in [-0.05, 0) is 43.9 Å². The van der Waals surface area contributed by atoms with E-state index < -0.39 is 0 Å². The lowest BCUT2D eigenvalue weighted by atomic mass is 10.1. The molecule has 114 valence electrons. The largest absolute Gasteiger partial charge is 0.492 e. The smallest absolute Gasteiger partial charge is 0.251 e. The number of halogens is 2. The van der Waals surface area contributed by atoms with E-state index in [9.17, 15) is 4.79 Å². The maximum atomic E-state index is 11.9. The second-order valence-electron chi connectivity index (χ2n) is 5.29. The number of pyridine rings is 1. The van der Waals surface area contributed by atoms with Crippen molar-refractivity contribution in [2.45, 2.75) is 19.3 Å². The van der Waals surface area contributed by atoms with Crippen molar-refractivity contribution in [3.8, 4) is 5.75 Å². The van der Waals surface area contributed by atoms with Gasteiger partial charge in [-0.2, -0.15) is 0 Å². The van der Waals surface area contributed by atoms with Crippen molar-refractivity contribution < 1.29 is 4.74 Å². The van der Waals surface area contributed by atoms with Crippen LogP contribution in [0.1, 0.15) is 18.4 Å². The Morgan fingerprint density at radius 2 is 2.10 bits per heavy atom. The zero-order valence-electron chi connectivity index (χ0n) is 11.5. The summed E-state index contributed by atoms with van der Waals surface area (Å²) in [5.74, 6) is 1.29. The molecule has 0 atom stereocenters. The van der Waals surface area contributed by atoms with Crippen molar-refractivity contribution in [3.63, 3.8) is 0 Å². The van der Waals surface area contributed by atoms with Crippen LogP contribution in [0.3, 0.4) is 0 Å². The first-order chi connectivity index (χ1) is 9.67. The molecule has 1 saturated carbocycles. The third kappa shape index (κ3) is 3.70. The zero-order chi connectivity index (χ0) is 14.1. The molecular weight excluding hydrogens is 311 g/mol. The highest BCUT2D eigenvalue weighted by molar-refractivity contribution is 6.32. The average molecular weight is 329 g/mol. The minimum absolute atomic E-state index is 0. The van der Waals surface area contributed by atoms with Crippen LogP contribution in [0.4, 0.5) is 0 Å². The van der Waals surface area contributed by atoms with Gasteiger partial charge >= 0.3 is 0 Å². The lowest BCUT2D eigenvalue weighted by Crippen LogP contribution is -2.16. The van der Waals surface area contributed by atoms with E-state index >= 15 is 0 Å². The fraction of sp³-hybridized carbons (Fsp3) is 0.400. The van der Waals surface area contributed by atoms with Gasteiger partial charge in [0.25, 0.3) is 5.56 Å². The molecule has 4 nitrogen and oxygen atoms in total. The van der Waals surface area contributed by atoms with E-state index in [0.29, 0.717) is 41.8 Å². The van der Waals surface area contributed by atoms with Crippen molar-refractivity contribution in [3.05, 3.63) is 39.1 Å². The molecule has 1 aliphatic rings.